The Hall–Kier alpha value is -1.69. The van der Waals surface area contributed by atoms with Gasteiger partial charge < -0.3 is 14.8 Å². The second kappa shape index (κ2) is 4.67. The van der Waals surface area contributed by atoms with Crippen LogP contribution in [0.4, 0.5) is 14.5 Å². The molecule has 6 heteroatoms. The molecule has 92 valence electrons. The summed E-state index contributed by atoms with van der Waals surface area (Å²) in [6.07, 6.45) is -0.0798. The van der Waals surface area contributed by atoms with Gasteiger partial charge in [0.15, 0.2) is 17.4 Å². The first kappa shape index (κ1) is 11.8. The molecule has 1 aliphatic heterocycles. The van der Waals surface area contributed by atoms with Gasteiger partial charge in [-0.2, -0.15) is 0 Å². The van der Waals surface area contributed by atoms with Gasteiger partial charge in [0.25, 0.3) is 0 Å². The van der Waals surface area contributed by atoms with Crippen LogP contribution in [-0.2, 0) is 9.53 Å². The molecule has 1 aromatic rings. The van der Waals surface area contributed by atoms with Crippen molar-refractivity contribution in [3.8, 4) is 5.75 Å². The zero-order valence-corrected chi connectivity index (χ0v) is 9.13. The standard InChI is InChI=1S/C11H11F2NO3/c1-6(15)14-7-2-9(12)11(10(13)3-7)17-5-8-4-16-8/h2-3,8H,4-5H2,1H3,(H,14,15). The third-order valence-corrected chi connectivity index (χ3v) is 2.13. The minimum atomic E-state index is -0.852. The Bertz CT molecular complexity index is 423. The first-order chi connectivity index (χ1) is 8.06. The molecule has 0 saturated carbocycles. The minimum Gasteiger partial charge on any atom is -0.485 e. The van der Waals surface area contributed by atoms with Crippen LogP contribution in [0.5, 0.6) is 5.75 Å². The molecule has 1 atom stereocenters. The molecule has 0 radical (unpaired) electrons. The number of rotatable bonds is 4. The molecule has 0 aromatic heterocycles. The molecule has 0 spiro atoms. The number of halogens is 2. The molecule has 1 aliphatic rings. The molecule has 1 aromatic carbocycles. The normalized spacial score (nSPS) is 17.7. The van der Waals surface area contributed by atoms with Gasteiger partial charge in [-0.15, -0.1) is 0 Å². The quantitative estimate of drug-likeness (QED) is 0.819. The summed E-state index contributed by atoms with van der Waals surface area (Å²) in [6.45, 7) is 1.92. The number of amides is 1. The molecule has 1 unspecified atom stereocenters. The van der Waals surface area contributed by atoms with Gasteiger partial charge in [-0.05, 0) is 0 Å². The molecular weight excluding hydrogens is 232 g/mol. The van der Waals surface area contributed by atoms with Crippen molar-refractivity contribution in [2.24, 2.45) is 0 Å². The highest BCUT2D eigenvalue weighted by molar-refractivity contribution is 5.88. The van der Waals surface area contributed by atoms with Gasteiger partial charge in [-0.25, -0.2) is 8.78 Å². The van der Waals surface area contributed by atoms with Gasteiger partial charge in [0.2, 0.25) is 5.91 Å². The van der Waals surface area contributed by atoms with Gasteiger partial charge in [0, 0.05) is 24.7 Å². The molecule has 2 rings (SSSR count). The van der Waals surface area contributed by atoms with E-state index in [4.69, 9.17) is 9.47 Å². The minimum absolute atomic E-state index is 0.0579. The van der Waals surface area contributed by atoms with Crippen LogP contribution >= 0.6 is 0 Å². The van der Waals surface area contributed by atoms with Crippen molar-refractivity contribution in [3.05, 3.63) is 23.8 Å². The maximum absolute atomic E-state index is 13.5. The fourth-order valence-electron chi connectivity index (χ4n) is 1.31. The number of carbonyl (C=O) groups excluding carboxylic acids is 1. The van der Waals surface area contributed by atoms with Crippen LogP contribution < -0.4 is 10.1 Å². The van der Waals surface area contributed by atoms with Crippen LogP contribution in [0.15, 0.2) is 12.1 Å². The molecule has 17 heavy (non-hydrogen) atoms. The maximum Gasteiger partial charge on any atom is 0.221 e. The Morgan fingerprint density at radius 3 is 2.59 bits per heavy atom. The van der Waals surface area contributed by atoms with Crippen molar-refractivity contribution in [1.29, 1.82) is 0 Å². The fraction of sp³-hybridized carbons (Fsp3) is 0.364. The Morgan fingerprint density at radius 2 is 2.12 bits per heavy atom. The Morgan fingerprint density at radius 1 is 1.53 bits per heavy atom. The molecule has 1 amide bonds. The van der Waals surface area contributed by atoms with E-state index in [1.807, 2.05) is 0 Å². The van der Waals surface area contributed by atoms with Crippen molar-refractivity contribution >= 4 is 11.6 Å². The third-order valence-electron chi connectivity index (χ3n) is 2.13. The number of nitrogens with one attached hydrogen (secondary N) is 1. The Labute approximate surface area is 96.5 Å². The first-order valence-corrected chi connectivity index (χ1v) is 5.07. The van der Waals surface area contributed by atoms with Crippen LogP contribution in [0.2, 0.25) is 0 Å². The number of ether oxygens (including phenoxy) is 2. The van der Waals surface area contributed by atoms with Crippen LogP contribution in [0, 0.1) is 11.6 Å². The monoisotopic (exact) mass is 243 g/mol. The predicted molar refractivity (Wildman–Crippen MR) is 55.9 cm³/mol. The van der Waals surface area contributed by atoms with Gasteiger partial charge >= 0.3 is 0 Å². The fourth-order valence-corrected chi connectivity index (χ4v) is 1.31. The topological polar surface area (TPSA) is 50.9 Å². The average molecular weight is 243 g/mol. The summed E-state index contributed by atoms with van der Waals surface area (Å²) in [5, 5.41) is 2.29. The van der Waals surface area contributed by atoms with Crippen LogP contribution in [0.1, 0.15) is 6.92 Å². The zero-order chi connectivity index (χ0) is 12.4. The first-order valence-electron chi connectivity index (χ1n) is 5.07. The zero-order valence-electron chi connectivity index (χ0n) is 9.13. The van der Waals surface area contributed by atoms with Crippen molar-refractivity contribution in [2.45, 2.75) is 13.0 Å². The summed E-state index contributed by atoms with van der Waals surface area (Å²) < 4.78 is 36.8. The molecule has 1 heterocycles. The van der Waals surface area contributed by atoms with Crippen LogP contribution in [0.25, 0.3) is 0 Å². The summed E-state index contributed by atoms with van der Waals surface area (Å²) in [7, 11) is 0. The summed E-state index contributed by atoms with van der Waals surface area (Å²) in [5.74, 6) is -2.55. The second-order valence-electron chi connectivity index (χ2n) is 3.72. The summed E-state index contributed by atoms with van der Waals surface area (Å²) in [4.78, 5) is 10.7. The number of benzene rings is 1. The lowest BCUT2D eigenvalue weighted by atomic mass is 10.2. The van der Waals surface area contributed by atoms with Crippen molar-refractivity contribution in [1.82, 2.24) is 0 Å². The molecule has 1 fully saturated rings. The highest BCUT2D eigenvalue weighted by Crippen LogP contribution is 2.26. The summed E-state index contributed by atoms with van der Waals surface area (Å²) in [5.41, 5.74) is 0.0579. The van der Waals surface area contributed by atoms with E-state index in [1.54, 1.807) is 0 Å². The van der Waals surface area contributed by atoms with E-state index in [1.165, 1.54) is 6.92 Å². The Kier molecular flexibility index (Phi) is 3.23. The molecule has 1 N–H and O–H groups in total. The molecular formula is C11H11F2NO3. The van der Waals surface area contributed by atoms with Crippen molar-refractivity contribution < 1.29 is 23.0 Å². The van der Waals surface area contributed by atoms with Crippen molar-refractivity contribution in [2.75, 3.05) is 18.5 Å². The van der Waals surface area contributed by atoms with E-state index >= 15 is 0 Å². The maximum atomic E-state index is 13.5. The highest BCUT2D eigenvalue weighted by atomic mass is 19.1. The predicted octanol–water partition coefficient (Wildman–Crippen LogP) is 1.70. The van der Waals surface area contributed by atoms with Gasteiger partial charge in [-0.3, -0.25) is 4.79 Å². The van der Waals surface area contributed by atoms with E-state index in [-0.39, 0.29) is 18.4 Å². The lowest BCUT2D eigenvalue weighted by Gasteiger charge is -2.09. The van der Waals surface area contributed by atoms with E-state index in [2.05, 4.69) is 5.32 Å². The summed E-state index contributed by atoms with van der Waals surface area (Å²) >= 11 is 0. The van der Waals surface area contributed by atoms with Gasteiger partial charge in [-0.1, -0.05) is 0 Å². The van der Waals surface area contributed by atoms with Gasteiger partial charge in [0.1, 0.15) is 12.7 Å². The summed E-state index contributed by atoms with van der Waals surface area (Å²) in [6, 6.07) is 2.02. The largest absolute Gasteiger partial charge is 0.485 e. The highest BCUT2D eigenvalue weighted by Gasteiger charge is 2.24. The number of epoxide rings is 1. The van der Waals surface area contributed by atoms with Crippen LogP contribution in [0.3, 0.4) is 0 Å². The number of hydrogen-bond acceptors (Lipinski definition) is 3. The van der Waals surface area contributed by atoms with Crippen LogP contribution in [-0.4, -0.2) is 25.2 Å². The third kappa shape index (κ3) is 3.13. The SMILES string of the molecule is CC(=O)Nc1cc(F)c(OCC2CO2)c(F)c1. The number of anilines is 1. The lowest BCUT2D eigenvalue weighted by molar-refractivity contribution is -0.114. The second-order valence-corrected chi connectivity index (χ2v) is 3.72. The molecule has 0 bridgehead atoms. The van der Waals surface area contributed by atoms with Crippen molar-refractivity contribution in [3.63, 3.8) is 0 Å². The molecule has 4 nitrogen and oxygen atoms in total. The van der Waals surface area contributed by atoms with E-state index in [0.29, 0.717) is 6.61 Å². The van der Waals surface area contributed by atoms with E-state index in [0.717, 1.165) is 12.1 Å². The number of hydrogen-bond donors (Lipinski definition) is 1. The number of carbonyl (C=O) groups is 1. The van der Waals surface area contributed by atoms with E-state index in [9.17, 15) is 13.6 Å². The van der Waals surface area contributed by atoms with E-state index < -0.39 is 23.3 Å². The smallest absolute Gasteiger partial charge is 0.221 e. The van der Waals surface area contributed by atoms with Gasteiger partial charge in [0.05, 0.1) is 6.61 Å². The lowest BCUT2D eigenvalue weighted by Crippen LogP contribution is -2.09. The average Bonchev–Trinajstić information content (AvgIpc) is 2.98. The Balaban J connectivity index is 2.12. The molecule has 1 saturated heterocycles. The molecule has 0 aliphatic carbocycles.